The summed E-state index contributed by atoms with van der Waals surface area (Å²) in [4.78, 5) is 25.2. The molecule has 2 heterocycles. The Labute approximate surface area is 172 Å². The number of carbonyl (C=O) groups is 1. The first-order chi connectivity index (χ1) is 14.2. The molecule has 0 atom stereocenters. The van der Waals surface area contributed by atoms with Gasteiger partial charge in [-0.3, -0.25) is 4.90 Å². The summed E-state index contributed by atoms with van der Waals surface area (Å²) in [6.07, 6.45) is 4.49. The highest BCUT2D eigenvalue weighted by molar-refractivity contribution is 5.73. The third kappa shape index (κ3) is 6.99. The molecule has 0 unspecified atom stereocenters. The molecular formula is C21H30N6O2. The molecule has 29 heavy (non-hydrogen) atoms. The lowest BCUT2D eigenvalue weighted by atomic mass is 10.1. The number of carbonyl (C=O) groups excluding carboxylic acids is 1. The Morgan fingerprint density at radius 1 is 1.07 bits per heavy atom. The molecule has 0 bridgehead atoms. The standard InChI is InChI=1S/C21H30N6O2/c1-29-17-19-6-2-5-18(15-19)16-25-21(28)24-9-4-10-26-11-13-27(14-12-26)20-22-7-3-8-23-20/h2-3,5-8,15H,4,9-14,16-17H2,1H3,(H2,24,25,28). The molecule has 1 aromatic heterocycles. The Kier molecular flexibility index (Phi) is 8.21. The Morgan fingerprint density at radius 2 is 1.83 bits per heavy atom. The highest BCUT2D eigenvalue weighted by atomic mass is 16.5. The monoisotopic (exact) mass is 398 g/mol. The molecule has 2 aromatic rings. The third-order valence-corrected chi connectivity index (χ3v) is 4.90. The molecule has 1 aromatic carbocycles. The first kappa shape index (κ1) is 21.0. The maximum Gasteiger partial charge on any atom is 0.315 e. The van der Waals surface area contributed by atoms with E-state index in [4.69, 9.17) is 4.74 Å². The number of urea groups is 1. The topological polar surface area (TPSA) is 82.6 Å². The number of anilines is 1. The van der Waals surface area contributed by atoms with E-state index < -0.39 is 0 Å². The van der Waals surface area contributed by atoms with E-state index in [1.165, 1.54) is 0 Å². The van der Waals surface area contributed by atoms with Crippen LogP contribution >= 0.6 is 0 Å². The van der Waals surface area contributed by atoms with Gasteiger partial charge in [0.2, 0.25) is 5.95 Å². The summed E-state index contributed by atoms with van der Waals surface area (Å²) in [7, 11) is 1.68. The molecule has 0 aliphatic carbocycles. The summed E-state index contributed by atoms with van der Waals surface area (Å²) in [6, 6.07) is 9.74. The zero-order valence-corrected chi connectivity index (χ0v) is 17.0. The van der Waals surface area contributed by atoms with Crippen LogP contribution in [0.4, 0.5) is 10.7 Å². The maximum atomic E-state index is 12.0. The van der Waals surface area contributed by atoms with Gasteiger partial charge >= 0.3 is 6.03 Å². The fourth-order valence-electron chi connectivity index (χ4n) is 3.37. The van der Waals surface area contributed by atoms with Crippen LogP contribution in [0.15, 0.2) is 42.7 Å². The zero-order chi connectivity index (χ0) is 20.3. The molecule has 3 rings (SSSR count). The SMILES string of the molecule is COCc1cccc(CNC(=O)NCCCN2CCN(c3ncccn3)CC2)c1. The van der Waals surface area contributed by atoms with E-state index >= 15 is 0 Å². The second-order valence-electron chi connectivity index (χ2n) is 7.09. The van der Waals surface area contributed by atoms with E-state index in [2.05, 4.69) is 30.4 Å². The third-order valence-electron chi connectivity index (χ3n) is 4.90. The molecule has 0 spiro atoms. The number of amides is 2. The van der Waals surface area contributed by atoms with Crippen LogP contribution in [0.25, 0.3) is 0 Å². The van der Waals surface area contributed by atoms with Gasteiger partial charge in [-0.1, -0.05) is 24.3 Å². The van der Waals surface area contributed by atoms with Gasteiger partial charge in [0.05, 0.1) is 6.61 Å². The quantitative estimate of drug-likeness (QED) is 0.625. The van der Waals surface area contributed by atoms with Crippen molar-refractivity contribution < 1.29 is 9.53 Å². The van der Waals surface area contributed by atoms with Crippen LogP contribution in [0, 0.1) is 0 Å². The van der Waals surface area contributed by atoms with Crippen LogP contribution < -0.4 is 15.5 Å². The summed E-state index contributed by atoms with van der Waals surface area (Å²) in [5.41, 5.74) is 2.17. The number of hydrogen-bond acceptors (Lipinski definition) is 6. The minimum Gasteiger partial charge on any atom is -0.380 e. The van der Waals surface area contributed by atoms with Crippen LogP contribution in [0.1, 0.15) is 17.5 Å². The molecule has 0 radical (unpaired) electrons. The summed E-state index contributed by atoms with van der Waals surface area (Å²) in [5, 5.41) is 5.84. The number of aromatic nitrogens is 2. The predicted molar refractivity (Wildman–Crippen MR) is 113 cm³/mol. The second-order valence-corrected chi connectivity index (χ2v) is 7.09. The molecular weight excluding hydrogens is 368 g/mol. The maximum absolute atomic E-state index is 12.0. The summed E-state index contributed by atoms with van der Waals surface area (Å²) >= 11 is 0. The number of benzene rings is 1. The molecule has 1 aliphatic rings. The Morgan fingerprint density at radius 3 is 2.59 bits per heavy atom. The van der Waals surface area contributed by atoms with E-state index in [1.807, 2.05) is 30.3 Å². The Hall–Kier alpha value is -2.71. The molecule has 8 nitrogen and oxygen atoms in total. The lowest BCUT2D eigenvalue weighted by molar-refractivity contribution is 0.185. The molecule has 1 saturated heterocycles. The van der Waals surface area contributed by atoms with Crippen LogP contribution in [0.2, 0.25) is 0 Å². The van der Waals surface area contributed by atoms with E-state index in [0.717, 1.165) is 56.2 Å². The molecule has 0 saturated carbocycles. The van der Waals surface area contributed by atoms with Gasteiger partial charge < -0.3 is 20.3 Å². The van der Waals surface area contributed by atoms with Gasteiger partial charge in [-0.2, -0.15) is 0 Å². The van der Waals surface area contributed by atoms with Gasteiger partial charge in [0, 0.05) is 58.8 Å². The minimum absolute atomic E-state index is 0.131. The number of piperazine rings is 1. The predicted octanol–water partition coefficient (Wildman–Crippen LogP) is 1.63. The van der Waals surface area contributed by atoms with Gasteiger partial charge in [-0.15, -0.1) is 0 Å². The van der Waals surface area contributed by atoms with E-state index in [1.54, 1.807) is 19.5 Å². The molecule has 1 aliphatic heterocycles. The Bertz CT molecular complexity index is 750. The van der Waals surface area contributed by atoms with Crippen molar-refractivity contribution in [2.24, 2.45) is 0 Å². The van der Waals surface area contributed by atoms with Crippen LogP contribution in [-0.2, 0) is 17.9 Å². The number of rotatable bonds is 9. The van der Waals surface area contributed by atoms with Crippen molar-refractivity contribution in [3.05, 3.63) is 53.9 Å². The van der Waals surface area contributed by atoms with Gasteiger partial charge in [0.1, 0.15) is 0 Å². The molecule has 8 heteroatoms. The van der Waals surface area contributed by atoms with E-state index in [0.29, 0.717) is 19.7 Å². The first-order valence-electron chi connectivity index (χ1n) is 10.1. The number of ether oxygens (including phenoxy) is 1. The zero-order valence-electron chi connectivity index (χ0n) is 17.0. The average Bonchev–Trinajstić information content (AvgIpc) is 2.77. The van der Waals surface area contributed by atoms with Crippen LogP contribution in [0.5, 0.6) is 0 Å². The van der Waals surface area contributed by atoms with Crippen molar-refractivity contribution in [3.8, 4) is 0 Å². The van der Waals surface area contributed by atoms with Crippen LogP contribution in [0.3, 0.4) is 0 Å². The van der Waals surface area contributed by atoms with Gasteiger partial charge in [-0.05, 0) is 30.2 Å². The van der Waals surface area contributed by atoms with E-state index in [9.17, 15) is 4.79 Å². The van der Waals surface area contributed by atoms with Gasteiger partial charge in [0.15, 0.2) is 0 Å². The van der Waals surface area contributed by atoms with Crippen molar-refractivity contribution in [2.75, 3.05) is 51.3 Å². The molecule has 2 amide bonds. The number of nitrogens with zero attached hydrogens (tertiary/aromatic N) is 4. The first-order valence-corrected chi connectivity index (χ1v) is 10.1. The average molecular weight is 399 g/mol. The van der Waals surface area contributed by atoms with Crippen LogP contribution in [-0.4, -0.2) is 67.3 Å². The van der Waals surface area contributed by atoms with Crippen molar-refractivity contribution in [1.82, 2.24) is 25.5 Å². The van der Waals surface area contributed by atoms with E-state index in [-0.39, 0.29) is 6.03 Å². The fourth-order valence-corrected chi connectivity index (χ4v) is 3.37. The van der Waals surface area contributed by atoms with Gasteiger partial charge in [0.25, 0.3) is 0 Å². The molecule has 2 N–H and O–H groups in total. The highest BCUT2D eigenvalue weighted by Crippen LogP contribution is 2.09. The summed E-state index contributed by atoms with van der Waals surface area (Å²) in [6.45, 7) is 6.56. The summed E-state index contributed by atoms with van der Waals surface area (Å²) < 4.78 is 5.14. The second kappa shape index (κ2) is 11.3. The van der Waals surface area contributed by atoms with Gasteiger partial charge in [-0.25, -0.2) is 14.8 Å². The lowest BCUT2D eigenvalue weighted by Gasteiger charge is -2.34. The number of nitrogens with one attached hydrogen (secondary N) is 2. The molecule has 156 valence electrons. The van der Waals surface area contributed by atoms with Crippen molar-refractivity contribution >= 4 is 12.0 Å². The fraction of sp³-hybridized carbons (Fsp3) is 0.476. The minimum atomic E-state index is -0.131. The van der Waals surface area contributed by atoms with Crippen molar-refractivity contribution in [3.63, 3.8) is 0 Å². The summed E-state index contributed by atoms with van der Waals surface area (Å²) in [5.74, 6) is 0.804. The highest BCUT2D eigenvalue weighted by Gasteiger charge is 2.18. The normalized spacial score (nSPS) is 14.6. The smallest absolute Gasteiger partial charge is 0.315 e. The number of methoxy groups -OCH3 is 1. The molecule has 1 fully saturated rings. The Balaban J connectivity index is 1.27. The van der Waals surface area contributed by atoms with Crippen molar-refractivity contribution in [2.45, 2.75) is 19.6 Å². The van der Waals surface area contributed by atoms with Crippen molar-refractivity contribution in [1.29, 1.82) is 0 Å². The largest absolute Gasteiger partial charge is 0.380 e. The number of hydrogen-bond donors (Lipinski definition) is 2. The lowest BCUT2D eigenvalue weighted by Crippen LogP contribution is -2.47.